The molecule has 1 aromatic heterocycles. The van der Waals surface area contributed by atoms with Crippen molar-refractivity contribution in [3.63, 3.8) is 0 Å². The van der Waals surface area contributed by atoms with Crippen LogP contribution in [0.2, 0.25) is 0 Å². The Morgan fingerprint density at radius 2 is 1.74 bits per heavy atom. The first-order valence-corrected chi connectivity index (χ1v) is 7.32. The van der Waals surface area contributed by atoms with E-state index in [1.807, 2.05) is 30.3 Å². The molecule has 0 bridgehead atoms. The van der Waals surface area contributed by atoms with Gasteiger partial charge < -0.3 is 4.42 Å². The van der Waals surface area contributed by atoms with Crippen LogP contribution in [-0.2, 0) is 6.42 Å². The normalized spacial score (nSPS) is 12.2. The minimum Gasteiger partial charge on any atom is -0.461 e. The molecule has 0 saturated heterocycles. The monoisotopic (exact) mass is 309 g/mol. The van der Waals surface area contributed by atoms with Gasteiger partial charge in [0, 0.05) is 17.4 Å². The summed E-state index contributed by atoms with van der Waals surface area (Å²) in [6.07, 6.45) is 0.311. The molecule has 0 N–H and O–H groups in total. The molecule has 0 aliphatic carbocycles. The van der Waals surface area contributed by atoms with Crippen LogP contribution < -0.4 is 5.43 Å². The molecule has 5 heteroatoms. The first-order valence-electron chi connectivity index (χ1n) is 7.32. The second kappa shape index (κ2) is 6.44. The first-order chi connectivity index (χ1) is 11.1. The van der Waals surface area contributed by atoms with Crippen LogP contribution in [-0.4, -0.2) is 11.5 Å². The van der Waals surface area contributed by atoms with Crippen LogP contribution in [0.3, 0.4) is 0 Å². The molecule has 5 nitrogen and oxygen atoms in total. The van der Waals surface area contributed by atoms with E-state index in [2.05, 4.69) is 0 Å². The summed E-state index contributed by atoms with van der Waals surface area (Å²) >= 11 is 0. The van der Waals surface area contributed by atoms with E-state index >= 15 is 0 Å². The number of hydrogen-bond acceptors (Lipinski definition) is 4. The Hall–Kier alpha value is -2.95. The number of benzene rings is 2. The number of hydrogen-bond donors (Lipinski definition) is 0. The summed E-state index contributed by atoms with van der Waals surface area (Å²) < 4.78 is 5.75. The van der Waals surface area contributed by atoms with Crippen molar-refractivity contribution < 1.29 is 9.34 Å². The molecule has 116 valence electrons. The summed E-state index contributed by atoms with van der Waals surface area (Å²) in [5.74, 6) is 0.125. The van der Waals surface area contributed by atoms with Gasteiger partial charge in [-0.15, -0.1) is 0 Å². The molecule has 0 saturated carbocycles. The Morgan fingerprint density at radius 1 is 1.04 bits per heavy atom. The summed E-state index contributed by atoms with van der Waals surface area (Å²) in [5, 5.41) is 11.5. The molecule has 23 heavy (non-hydrogen) atoms. The molecular formula is C18H15NO4. The molecule has 0 amide bonds. The topological polar surface area (TPSA) is 73.3 Å². The number of fused-ring (bicyclic) bond motifs is 1. The smallest absolute Gasteiger partial charge is 0.211 e. The van der Waals surface area contributed by atoms with Crippen LogP contribution in [0.1, 0.15) is 17.2 Å². The Bertz CT molecular complexity index is 886. The zero-order valence-corrected chi connectivity index (χ0v) is 12.3. The molecule has 3 aromatic rings. The van der Waals surface area contributed by atoms with Gasteiger partial charge in [-0.05, 0) is 17.7 Å². The Labute approximate surface area is 132 Å². The fourth-order valence-corrected chi connectivity index (χ4v) is 2.69. The van der Waals surface area contributed by atoms with Crippen LogP contribution in [0, 0.1) is 10.1 Å². The lowest BCUT2D eigenvalue weighted by Gasteiger charge is -2.13. The third kappa shape index (κ3) is 3.45. The van der Waals surface area contributed by atoms with E-state index in [0.29, 0.717) is 23.2 Å². The average molecular weight is 309 g/mol. The maximum atomic E-state index is 12.1. The predicted molar refractivity (Wildman–Crippen MR) is 87.2 cm³/mol. The second-order valence-electron chi connectivity index (χ2n) is 5.40. The number of nitro groups is 1. The van der Waals surface area contributed by atoms with Gasteiger partial charge in [0.25, 0.3) is 0 Å². The number of nitrogens with zero attached hydrogens (tertiary/aromatic N) is 1. The third-order valence-corrected chi connectivity index (χ3v) is 3.77. The fraction of sp³-hybridized carbons (Fsp3) is 0.167. The summed E-state index contributed by atoms with van der Waals surface area (Å²) in [4.78, 5) is 22.8. The highest BCUT2D eigenvalue weighted by Gasteiger charge is 2.20. The van der Waals surface area contributed by atoms with Gasteiger partial charge in [-0.2, -0.15) is 0 Å². The minimum atomic E-state index is -0.337. The number of rotatable bonds is 5. The van der Waals surface area contributed by atoms with Crippen molar-refractivity contribution >= 4 is 11.0 Å². The molecule has 2 aromatic carbocycles. The SMILES string of the molecule is O=c1cc(CC(C[N+](=O)[O-])c2ccccc2)oc2ccccc12. The molecule has 0 radical (unpaired) electrons. The summed E-state index contributed by atoms with van der Waals surface area (Å²) in [6, 6.07) is 17.7. The van der Waals surface area contributed by atoms with Gasteiger partial charge in [-0.1, -0.05) is 42.5 Å². The molecule has 1 heterocycles. The van der Waals surface area contributed by atoms with E-state index in [1.165, 1.54) is 6.07 Å². The van der Waals surface area contributed by atoms with Crippen LogP contribution in [0.25, 0.3) is 11.0 Å². The lowest BCUT2D eigenvalue weighted by Crippen LogP contribution is -2.16. The average Bonchev–Trinajstić information content (AvgIpc) is 2.55. The number of para-hydroxylation sites is 1. The first kappa shape index (κ1) is 15.0. The zero-order chi connectivity index (χ0) is 16.2. The van der Waals surface area contributed by atoms with Crippen molar-refractivity contribution in [2.24, 2.45) is 0 Å². The van der Waals surface area contributed by atoms with Crippen molar-refractivity contribution in [3.05, 3.63) is 92.3 Å². The minimum absolute atomic E-state index is 0.130. The van der Waals surface area contributed by atoms with Crippen molar-refractivity contribution in [2.75, 3.05) is 6.54 Å². The van der Waals surface area contributed by atoms with Crippen LogP contribution >= 0.6 is 0 Å². The standard InChI is InChI=1S/C18H15NO4/c20-17-11-15(23-18-9-5-4-8-16(17)18)10-14(12-19(21)22)13-6-2-1-3-7-13/h1-9,11,14H,10,12H2. The van der Waals surface area contributed by atoms with Gasteiger partial charge >= 0.3 is 0 Å². The third-order valence-electron chi connectivity index (χ3n) is 3.77. The van der Waals surface area contributed by atoms with Gasteiger partial charge in [0.1, 0.15) is 11.3 Å². The highest BCUT2D eigenvalue weighted by atomic mass is 16.6. The van der Waals surface area contributed by atoms with Gasteiger partial charge in [0.2, 0.25) is 6.54 Å². The summed E-state index contributed by atoms with van der Waals surface area (Å²) in [7, 11) is 0. The molecule has 0 aliphatic rings. The lowest BCUT2D eigenvalue weighted by molar-refractivity contribution is -0.483. The van der Waals surface area contributed by atoms with Crippen molar-refractivity contribution in [3.8, 4) is 0 Å². The Balaban J connectivity index is 1.97. The van der Waals surface area contributed by atoms with Gasteiger partial charge in [-0.3, -0.25) is 14.9 Å². The molecule has 0 aliphatic heterocycles. The van der Waals surface area contributed by atoms with Crippen LogP contribution in [0.5, 0.6) is 0 Å². The van der Waals surface area contributed by atoms with E-state index in [4.69, 9.17) is 4.42 Å². The van der Waals surface area contributed by atoms with Crippen molar-refractivity contribution in [2.45, 2.75) is 12.3 Å². The van der Waals surface area contributed by atoms with E-state index < -0.39 is 0 Å². The fourth-order valence-electron chi connectivity index (χ4n) is 2.69. The highest BCUT2D eigenvalue weighted by molar-refractivity contribution is 5.76. The maximum Gasteiger partial charge on any atom is 0.211 e. The maximum absolute atomic E-state index is 12.1. The Morgan fingerprint density at radius 3 is 2.48 bits per heavy atom. The van der Waals surface area contributed by atoms with Crippen molar-refractivity contribution in [1.82, 2.24) is 0 Å². The predicted octanol–water partition coefficient (Wildman–Crippen LogP) is 3.40. The molecule has 3 rings (SSSR count). The van der Waals surface area contributed by atoms with Gasteiger partial charge in [0.15, 0.2) is 5.43 Å². The lowest BCUT2D eigenvalue weighted by atomic mass is 9.94. The van der Waals surface area contributed by atoms with Gasteiger partial charge in [0.05, 0.1) is 11.3 Å². The van der Waals surface area contributed by atoms with E-state index in [1.54, 1.807) is 24.3 Å². The van der Waals surface area contributed by atoms with Crippen LogP contribution in [0.4, 0.5) is 0 Å². The summed E-state index contributed by atoms with van der Waals surface area (Å²) in [5.41, 5.74) is 1.23. The van der Waals surface area contributed by atoms with E-state index in [-0.39, 0.29) is 22.8 Å². The Kier molecular flexibility index (Phi) is 4.19. The molecular weight excluding hydrogens is 294 g/mol. The van der Waals surface area contributed by atoms with Crippen LogP contribution in [0.15, 0.2) is 69.9 Å². The molecule has 0 spiro atoms. The largest absolute Gasteiger partial charge is 0.461 e. The van der Waals surface area contributed by atoms with Gasteiger partial charge in [-0.25, -0.2) is 0 Å². The quantitative estimate of drug-likeness (QED) is 0.535. The summed E-state index contributed by atoms with van der Waals surface area (Å²) in [6.45, 7) is -0.208. The second-order valence-corrected chi connectivity index (χ2v) is 5.40. The zero-order valence-electron chi connectivity index (χ0n) is 12.3. The molecule has 1 atom stereocenters. The molecule has 1 unspecified atom stereocenters. The van der Waals surface area contributed by atoms with E-state index in [0.717, 1.165) is 5.56 Å². The van der Waals surface area contributed by atoms with Crippen molar-refractivity contribution in [1.29, 1.82) is 0 Å². The molecule has 0 fully saturated rings. The van der Waals surface area contributed by atoms with E-state index in [9.17, 15) is 14.9 Å². The highest BCUT2D eigenvalue weighted by Crippen LogP contribution is 2.22.